The van der Waals surface area contributed by atoms with E-state index in [2.05, 4.69) is 4.90 Å². The molecule has 3 heteroatoms. The summed E-state index contributed by atoms with van der Waals surface area (Å²) in [5, 5.41) is 0. The van der Waals surface area contributed by atoms with Gasteiger partial charge >= 0.3 is 0 Å². The second-order valence-electron chi connectivity index (χ2n) is 4.13. The average Bonchev–Trinajstić information content (AvgIpc) is 2.65. The predicted molar refractivity (Wildman–Crippen MR) is 65.9 cm³/mol. The van der Waals surface area contributed by atoms with Crippen molar-refractivity contribution in [3.05, 3.63) is 42.2 Å². The summed E-state index contributed by atoms with van der Waals surface area (Å²) < 4.78 is 5.74. The van der Waals surface area contributed by atoms with Crippen LogP contribution in [0.15, 0.2) is 40.8 Å². The Morgan fingerprint density at radius 3 is 2.69 bits per heavy atom. The van der Waals surface area contributed by atoms with Gasteiger partial charge in [-0.05, 0) is 38.4 Å². The highest BCUT2D eigenvalue weighted by Crippen LogP contribution is 2.24. The van der Waals surface area contributed by atoms with Crippen molar-refractivity contribution >= 4 is 5.69 Å². The molecule has 2 N–H and O–H groups in total. The first kappa shape index (κ1) is 10.8. The molecule has 0 amide bonds. The Morgan fingerprint density at radius 2 is 2.00 bits per heavy atom. The molecule has 2 rings (SSSR count). The van der Waals surface area contributed by atoms with Crippen molar-refractivity contribution < 1.29 is 4.42 Å². The van der Waals surface area contributed by atoms with Crippen molar-refractivity contribution in [2.75, 3.05) is 19.8 Å². The lowest BCUT2D eigenvalue weighted by atomic mass is 10.1. The second kappa shape index (κ2) is 4.41. The third kappa shape index (κ3) is 2.44. The molecular weight excluding hydrogens is 200 g/mol. The lowest BCUT2D eigenvalue weighted by Crippen LogP contribution is -2.09. The maximum absolute atomic E-state index is 5.74. The van der Waals surface area contributed by atoms with Gasteiger partial charge in [-0.3, -0.25) is 0 Å². The summed E-state index contributed by atoms with van der Waals surface area (Å²) in [7, 11) is 4.03. The maximum Gasteiger partial charge on any atom is 0.134 e. The number of benzene rings is 1. The molecule has 0 saturated carbocycles. The molecular formula is C13H16N2O. The van der Waals surface area contributed by atoms with Crippen LogP contribution in [0, 0.1) is 0 Å². The summed E-state index contributed by atoms with van der Waals surface area (Å²) in [6.45, 7) is 0.808. The number of hydrogen-bond donors (Lipinski definition) is 1. The largest absolute Gasteiger partial charge is 0.460 e. The van der Waals surface area contributed by atoms with Crippen molar-refractivity contribution in [3.8, 4) is 11.3 Å². The summed E-state index contributed by atoms with van der Waals surface area (Å²) >= 11 is 0. The maximum atomic E-state index is 5.74. The standard InChI is InChI=1S/C13H16N2O/c1-15(2)9-12-6-7-13(16-12)10-4-3-5-11(14)8-10/h3-8H,9,14H2,1-2H3. The van der Waals surface area contributed by atoms with Gasteiger partial charge in [-0.2, -0.15) is 0 Å². The van der Waals surface area contributed by atoms with E-state index in [0.717, 1.165) is 29.3 Å². The van der Waals surface area contributed by atoms with Gasteiger partial charge in [0, 0.05) is 11.3 Å². The minimum absolute atomic E-state index is 0.753. The van der Waals surface area contributed by atoms with Gasteiger partial charge in [0.25, 0.3) is 0 Å². The monoisotopic (exact) mass is 216 g/mol. The van der Waals surface area contributed by atoms with Crippen LogP contribution in [0.2, 0.25) is 0 Å². The van der Waals surface area contributed by atoms with E-state index in [4.69, 9.17) is 10.2 Å². The number of hydrogen-bond acceptors (Lipinski definition) is 3. The van der Waals surface area contributed by atoms with E-state index < -0.39 is 0 Å². The van der Waals surface area contributed by atoms with Crippen LogP contribution in [-0.4, -0.2) is 19.0 Å². The molecule has 0 aliphatic rings. The van der Waals surface area contributed by atoms with Crippen LogP contribution in [0.1, 0.15) is 5.76 Å². The SMILES string of the molecule is CN(C)Cc1ccc(-c2cccc(N)c2)o1. The van der Waals surface area contributed by atoms with Gasteiger partial charge in [0.1, 0.15) is 11.5 Å². The Bertz CT molecular complexity index is 474. The summed E-state index contributed by atoms with van der Waals surface area (Å²) in [5.74, 6) is 1.83. The van der Waals surface area contributed by atoms with Crippen molar-refractivity contribution in [2.24, 2.45) is 0 Å². The lowest BCUT2D eigenvalue weighted by Gasteiger charge is -2.05. The topological polar surface area (TPSA) is 42.4 Å². The highest BCUT2D eigenvalue weighted by atomic mass is 16.3. The van der Waals surface area contributed by atoms with Gasteiger partial charge < -0.3 is 15.1 Å². The summed E-state index contributed by atoms with van der Waals surface area (Å²) in [5.41, 5.74) is 7.50. The Morgan fingerprint density at radius 1 is 1.19 bits per heavy atom. The minimum atomic E-state index is 0.753. The van der Waals surface area contributed by atoms with Crippen molar-refractivity contribution in [1.29, 1.82) is 0 Å². The van der Waals surface area contributed by atoms with Gasteiger partial charge in [0.2, 0.25) is 0 Å². The fraction of sp³-hybridized carbons (Fsp3) is 0.231. The summed E-state index contributed by atoms with van der Waals surface area (Å²) in [6.07, 6.45) is 0. The van der Waals surface area contributed by atoms with Gasteiger partial charge in [0.15, 0.2) is 0 Å². The molecule has 0 saturated heterocycles. The number of nitrogens with two attached hydrogens (primary N) is 1. The smallest absolute Gasteiger partial charge is 0.134 e. The van der Waals surface area contributed by atoms with E-state index in [1.54, 1.807) is 0 Å². The molecule has 0 radical (unpaired) electrons. The van der Waals surface area contributed by atoms with E-state index in [0.29, 0.717) is 0 Å². The van der Waals surface area contributed by atoms with Crippen LogP contribution >= 0.6 is 0 Å². The highest BCUT2D eigenvalue weighted by Gasteiger charge is 2.05. The molecule has 1 aromatic carbocycles. The zero-order chi connectivity index (χ0) is 11.5. The van der Waals surface area contributed by atoms with E-state index in [1.807, 2.05) is 50.5 Å². The van der Waals surface area contributed by atoms with Crippen LogP contribution in [0.5, 0.6) is 0 Å². The Kier molecular flexibility index (Phi) is 2.97. The molecule has 0 atom stereocenters. The molecule has 0 unspecified atom stereocenters. The number of nitrogen functional groups attached to an aromatic ring is 1. The Hall–Kier alpha value is -1.74. The third-order valence-corrected chi connectivity index (χ3v) is 2.30. The zero-order valence-corrected chi connectivity index (χ0v) is 9.60. The number of furan rings is 1. The van der Waals surface area contributed by atoms with E-state index in [9.17, 15) is 0 Å². The number of rotatable bonds is 3. The van der Waals surface area contributed by atoms with Crippen molar-refractivity contribution in [2.45, 2.75) is 6.54 Å². The zero-order valence-electron chi connectivity index (χ0n) is 9.60. The molecule has 16 heavy (non-hydrogen) atoms. The quantitative estimate of drug-likeness (QED) is 0.802. The second-order valence-corrected chi connectivity index (χ2v) is 4.13. The van der Waals surface area contributed by atoms with Crippen LogP contribution in [0.4, 0.5) is 5.69 Å². The van der Waals surface area contributed by atoms with E-state index in [1.165, 1.54) is 0 Å². The van der Waals surface area contributed by atoms with Gasteiger partial charge in [-0.1, -0.05) is 12.1 Å². The molecule has 1 aromatic heterocycles. The normalized spacial score (nSPS) is 10.9. The van der Waals surface area contributed by atoms with E-state index in [-0.39, 0.29) is 0 Å². The molecule has 0 aliphatic carbocycles. The fourth-order valence-electron chi connectivity index (χ4n) is 1.62. The first-order valence-electron chi connectivity index (χ1n) is 5.24. The average molecular weight is 216 g/mol. The van der Waals surface area contributed by atoms with Gasteiger partial charge in [-0.15, -0.1) is 0 Å². The summed E-state index contributed by atoms with van der Waals surface area (Å²) in [4.78, 5) is 2.07. The summed E-state index contributed by atoms with van der Waals surface area (Å²) in [6, 6.07) is 11.7. The fourth-order valence-corrected chi connectivity index (χ4v) is 1.62. The minimum Gasteiger partial charge on any atom is -0.460 e. The Labute approximate surface area is 95.5 Å². The predicted octanol–water partition coefficient (Wildman–Crippen LogP) is 2.59. The molecule has 84 valence electrons. The molecule has 2 aromatic rings. The van der Waals surface area contributed by atoms with Crippen LogP contribution in [0.3, 0.4) is 0 Å². The van der Waals surface area contributed by atoms with Crippen molar-refractivity contribution in [3.63, 3.8) is 0 Å². The molecule has 0 spiro atoms. The van der Waals surface area contributed by atoms with Gasteiger partial charge in [0.05, 0.1) is 6.54 Å². The van der Waals surface area contributed by atoms with Crippen LogP contribution < -0.4 is 5.73 Å². The lowest BCUT2D eigenvalue weighted by molar-refractivity contribution is 0.353. The molecule has 0 bridgehead atoms. The first-order chi connectivity index (χ1) is 7.65. The van der Waals surface area contributed by atoms with Crippen LogP contribution in [-0.2, 0) is 6.54 Å². The molecule has 0 aliphatic heterocycles. The number of anilines is 1. The van der Waals surface area contributed by atoms with Gasteiger partial charge in [-0.25, -0.2) is 0 Å². The van der Waals surface area contributed by atoms with Crippen LogP contribution in [0.25, 0.3) is 11.3 Å². The molecule has 1 heterocycles. The molecule has 0 fully saturated rings. The number of nitrogens with zero attached hydrogens (tertiary/aromatic N) is 1. The van der Waals surface area contributed by atoms with Crippen molar-refractivity contribution in [1.82, 2.24) is 4.90 Å². The van der Waals surface area contributed by atoms with E-state index >= 15 is 0 Å². The third-order valence-electron chi connectivity index (χ3n) is 2.30. The Balaban J connectivity index is 2.24. The first-order valence-corrected chi connectivity index (χ1v) is 5.24. The highest BCUT2D eigenvalue weighted by molar-refractivity contribution is 5.62. The molecule has 3 nitrogen and oxygen atoms in total.